The second-order valence-corrected chi connectivity index (χ2v) is 8.20. The predicted molar refractivity (Wildman–Crippen MR) is 119 cm³/mol. The van der Waals surface area contributed by atoms with E-state index in [4.69, 9.17) is 4.74 Å². The van der Waals surface area contributed by atoms with E-state index in [9.17, 15) is 19.5 Å². The molecule has 1 saturated heterocycles. The molecule has 2 aliphatic heterocycles. The van der Waals surface area contributed by atoms with E-state index < -0.39 is 11.9 Å². The number of aromatic nitrogens is 2. The Hall–Kier alpha value is -3.69. The van der Waals surface area contributed by atoms with Crippen LogP contribution in [0.1, 0.15) is 35.6 Å². The zero-order valence-electron chi connectivity index (χ0n) is 18.5. The number of fused-ring (bicyclic) bond motifs is 1. The number of anilines is 1. The number of amides is 3. The Morgan fingerprint density at radius 3 is 2.73 bits per heavy atom. The Morgan fingerprint density at radius 2 is 2.00 bits per heavy atom. The molecular weight excluding hydrogens is 426 g/mol. The molecule has 4 rings (SSSR count). The summed E-state index contributed by atoms with van der Waals surface area (Å²) in [7, 11) is 1.49. The molecule has 1 fully saturated rings. The number of nitrogens with zero attached hydrogens (tertiary/aromatic N) is 4. The first-order chi connectivity index (χ1) is 15.9. The molecule has 2 aromatic rings. The molecule has 0 aliphatic carbocycles. The number of pyridine rings is 2. The Kier molecular flexibility index (Phi) is 6.71. The smallest absolute Gasteiger partial charge is 0.320 e. The maximum Gasteiger partial charge on any atom is 0.320 e. The van der Waals surface area contributed by atoms with E-state index in [1.807, 2.05) is 12.1 Å². The Labute approximate surface area is 191 Å². The van der Waals surface area contributed by atoms with Crippen LogP contribution in [0.3, 0.4) is 0 Å². The summed E-state index contributed by atoms with van der Waals surface area (Å²) in [6, 6.07) is 7.09. The van der Waals surface area contributed by atoms with Crippen LogP contribution in [0.15, 0.2) is 30.5 Å². The molecule has 0 saturated carbocycles. The normalized spacial score (nSPS) is 16.4. The van der Waals surface area contributed by atoms with Gasteiger partial charge in [-0.05, 0) is 36.5 Å². The third kappa shape index (κ3) is 5.21. The molecule has 174 valence electrons. The average molecular weight is 453 g/mol. The molecule has 2 aromatic heterocycles. The number of carboxylic acids is 1. The minimum atomic E-state index is -1.00. The molecule has 0 bridgehead atoms. The van der Waals surface area contributed by atoms with Crippen LogP contribution in [-0.2, 0) is 22.4 Å². The lowest BCUT2D eigenvalue weighted by molar-refractivity contribution is -0.139. The summed E-state index contributed by atoms with van der Waals surface area (Å²) in [5.74, 6) is -0.831. The number of urea groups is 1. The van der Waals surface area contributed by atoms with Gasteiger partial charge in [-0.2, -0.15) is 0 Å². The molecule has 0 aromatic carbocycles. The van der Waals surface area contributed by atoms with Gasteiger partial charge in [0, 0.05) is 50.6 Å². The molecule has 4 heterocycles. The summed E-state index contributed by atoms with van der Waals surface area (Å²) in [5.41, 5.74) is 2.45. The molecular formula is C23H27N5O5. The first-order valence-electron chi connectivity index (χ1n) is 11.0. The molecule has 3 amide bonds. The number of rotatable bonds is 9. The van der Waals surface area contributed by atoms with E-state index in [0.29, 0.717) is 56.2 Å². The number of hydrogen-bond acceptors (Lipinski definition) is 6. The summed E-state index contributed by atoms with van der Waals surface area (Å²) in [6.45, 7) is 1.68. The van der Waals surface area contributed by atoms with Crippen LogP contribution in [-0.4, -0.2) is 76.1 Å². The van der Waals surface area contributed by atoms with Gasteiger partial charge in [-0.1, -0.05) is 12.1 Å². The highest BCUT2D eigenvalue weighted by Gasteiger charge is 2.32. The van der Waals surface area contributed by atoms with Crippen molar-refractivity contribution < 1.29 is 24.2 Å². The first-order valence-corrected chi connectivity index (χ1v) is 11.0. The second kappa shape index (κ2) is 9.85. The van der Waals surface area contributed by atoms with Gasteiger partial charge in [-0.3, -0.25) is 9.59 Å². The van der Waals surface area contributed by atoms with E-state index in [1.54, 1.807) is 21.9 Å². The molecule has 0 spiro atoms. The highest BCUT2D eigenvalue weighted by atomic mass is 16.5. The summed E-state index contributed by atoms with van der Waals surface area (Å²) < 4.78 is 5.02. The highest BCUT2D eigenvalue weighted by molar-refractivity contribution is 5.92. The standard InChI is InChI=1S/C23H27N5O5/c1-33-20-9-6-16(13-24-20)18(22(30)31)14-28-12-11-27(23(28)32)10-2-3-17-7-4-15-5-8-19(29)26-21(15)25-17/h4,6-7,9,13,18H,2-3,5,8,10-12,14H2,1H3,(H,30,31)(H,25,26,29)/t18-/m1/s1. The summed E-state index contributed by atoms with van der Waals surface area (Å²) in [5, 5.41) is 12.5. The van der Waals surface area contributed by atoms with Crippen LogP contribution in [0.5, 0.6) is 5.88 Å². The van der Waals surface area contributed by atoms with Gasteiger partial charge < -0.3 is 25.0 Å². The van der Waals surface area contributed by atoms with Crippen LogP contribution in [0, 0.1) is 0 Å². The summed E-state index contributed by atoms with van der Waals surface area (Å²) >= 11 is 0. The first kappa shape index (κ1) is 22.5. The van der Waals surface area contributed by atoms with E-state index in [2.05, 4.69) is 15.3 Å². The minimum absolute atomic E-state index is 0.0139. The largest absolute Gasteiger partial charge is 0.481 e. The van der Waals surface area contributed by atoms with Crippen LogP contribution in [0.25, 0.3) is 0 Å². The van der Waals surface area contributed by atoms with Crippen LogP contribution in [0.4, 0.5) is 10.6 Å². The maximum atomic E-state index is 12.8. The van der Waals surface area contributed by atoms with Crippen LogP contribution >= 0.6 is 0 Å². The van der Waals surface area contributed by atoms with Gasteiger partial charge in [0.1, 0.15) is 11.7 Å². The molecule has 0 radical (unpaired) electrons. The molecule has 0 unspecified atom stereocenters. The average Bonchev–Trinajstić information content (AvgIpc) is 3.16. The van der Waals surface area contributed by atoms with Crippen molar-refractivity contribution in [3.8, 4) is 5.88 Å². The number of hydrogen-bond donors (Lipinski definition) is 2. The monoisotopic (exact) mass is 453 g/mol. The van der Waals surface area contributed by atoms with Crippen molar-refractivity contribution in [1.29, 1.82) is 0 Å². The number of carbonyl (C=O) groups is 3. The van der Waals surface area contributed by atoms with Crippen LogP contribution < -0.4 is 10.1 Å². The molecule has 10 heteroatoms. The third-order valence-corrected chi connectivity index (χ3v) is 6.03. The number of methoxy groups -OCH3 is 1. The van der Waals surface area contributed by atoms with Crippen molar-refractivity contribution >= 4 is 23.7 Å². The Bertz CT molecular complexity index is 1040. The number of ether oxygens (including phenoxy) is 1. The van der Waals surface area contributed by atoms with Gasteiger partial charge in [0.25, 0.3) is 0 Å². The number of aliphatic carboxylic acids is 1. The van der Waals surface area contributed by atoms with Crippen molar-refractivity contribution in [2.75, 3.05) is 38.6 Å². The van der Waals surface area contributed by atoms with Gasteiger partial charge in [0.2, 0.25) is 11.8 Å². The van der Waals surface area contributed by atoms with E-state index >= 15 is 0 Å². The molecule has 2 aliphatic rings. The molecule has 33 heavy (non-hydrogen) atoms. The highest BCUT2D eigenvalue weighted by Crippen LogP contribution is 2.23. The van der Waals surface area contributed by atoms with Gasteiger partial charge in [-0.15, -0.1) is 0 Å². The number of carbonyl (C=O) groups excluding carboxylic acids is 2. The lowest BCUT2D eigenvalue weighted by Crippen LogP contribution is -2.36. The Balaban J connectivity index is 1.30. The fourth-order valence-corrected chi connectivity index (χ4v) is 4.15. The van der Waals surface area contributed by atoms with E-state index in [-0.39, 0.29) is 18.5 Å². The van der Waals surface area contributed by atoms with Gasteiger partial charge in [0.05, 0.1) is 7.11 Å². The predicted octanol–water partition coefficient (Wildman–Crippen LogP) is 1.91. The lowest BCUT2D eigenvalue weighted by Gasteiger charge is -2.22. The van der Waals surface area contributed by atoms with Crippen molar-refractivity contribution in [2.24, 2.45) is 0 Å². The quantitative estimate of drug-likeness (QED) is 0.594. The maximum absolute atomic E-state index is 12.8. The molecule has 1 atom stereocenters. The topological polar surface area (TPSA) is 125 Å². The Morgan fingerprint density at radius 1 is 1.18 bits per heavy atom. The van der Waals surface area contributed by atoms with Gasteiger partial charge in [0.15, 0.2) is 0 Å². The number of aryl methyl sites for hydroxylation is 2. The third-order valence-electron chi connectivity index (χ3n) is 6.03. The number of nitrogens with one attached hydrogen (secondary N) is 1. The summed E-state index contributed by atoms with van der Waals surface area (Å²) in [6.07, 6.45) is 4.08. The van der Waals surface area contributed by atoms with E-state index in [0.717, 1.165) is 17.7 Å². The van der Waals surface area contributed by atoms with Crippen molar-refractivity contribution in [2.45, 2.75) is 31.6 Å². The zero-order chi connectivity index (χ0) is 23.4. The van der Waals surface area contributed by atoms with Crippen molar-refractivity contribution in [1.82, 2.24) is 19.8 Å². The second-order valence-electron chi connectivity index (χ2n) is 8.20. The van der Waals surface area contributed by atoms with E-state index in [1.165, 1.54) is 13.3 Å². The fraction of sp³-hybridized carbons (Fsp3) is 0.435. The van der Waals surface area contributed by atoms with Crippen molar-refractivity contribution in [3.05, 3.63) is 47.3 Å². The molecule has 10 nitrogen and oxygen atoms in total. The fourth-order valence-electron chi connectivity index (χ4n) is 4.15. The van der Waals surface area contributed by atoms with Gasteiger partial charge in [-0.25, -0.2) is 14.8 Å². The molecule has 2 N–H and O–H groups in total. The van der Waals surface area contributed by atoms with Gasteiger partial charge >= 0.3 is 12.0 Å². The van der Waals surface area contributed by atoms with Crippen LogP contribution in [0.2, 0.25) is 0 Å². The summed E-state index contributed by atoms with van der Waals surface area (Å²) in [4.78, 5) is 48.2. The SMILES string of the molecule is COc1ccc([C@@H](CN2CCN(CCCc3ccc4c(n3)NC(=O)CC4)C2=O)C(=O)O)cn1. The van der Waals surface area contributed by atoms with Crippen molar-refractivity contribution in [3.63, 3.8) is 0 Å². The lowest BCUT2D eigenvalue weighted by atomic mass is 10.0. The minimum Gasteiger partial charge on any atom is -0.481 e. The zero-order valence-corrected chi connectivity index (χ0v) is 18.5. The number of carboxylic acid groups (broad SMARTS) is 1.